The Morgan fingerprint density at radius 2 is 2.04 bits per heavy atom. The van der Waals surface area contributed by atoms with Gasteiger partial charge in [-0.25, -0.2) is 14.2 Å². The van der Waals surface area contributed by atoms with Crippen LogP contribution in [0.25, 0.3) is 6.08 Å². The molecule has 0 unspecified atom stereocenters. The quantitative estimate of drug-likeness (QED) is 0.668. The second-order valence-electron chi connectivity index (χ2n) is 5.50. The summed E-state index contributed by atoms with van der Waals surface area (Å²) < 4.78 is 18.1. The maximum atomic E-state index is 13.1. The lowest BCUT2D eigenvalue weighted by Gasteiger charge is -2.04. The minimum absolute atomic E-state index is 0.00446. The highest BCUT2D eigenvalue weighted by atomic mass is 35.5. The summed E-state index contributed by atoms with van der Waals surface area (Å²) in [6.07, 6.45) is 1.65. The maximum Gasteiger partial charge on any atom is 0.344 e. The standard InChI is InChI=1S/C20H15ClFNO3S/c1-2-26-20(25)17-18(24)16(10-12-6-8-14(22)9-7-12)27-19(17)23-15-5-3-4-13(21)11-15/h3-11,24H,2H2,1H3/b16-10-,23-19?. The van der Waals surface area contributed by atoms with Crippen molar-refractivity contribution in [1.82, 2.24) is 0 Å². The predicted molar refractivity (Wildman–Crippen MR) is 107 cm³/mol. The summed E-state index contributed by atoms with van der Waals surface area (Å²) >= 11 is 7.12. The molecule has 2 aromatic rings. The highest BCUT2D eigenvalue weighted by Crippen LogP contribution is 2.40. The molecule has 0 saturated heterocycles. The van der Waals surface area contributed by atoms with Crippen LogP contribution < -0.4 is 0 Å². The maximum absolute atomic E-state index is 13.1. The van der Waals surface area contributed by atoms with Gasteiger partial charge in [0.25, 0.3) is 0 Å². The normalized spacial score (nSPS) is 17.0. The third-order valence-corrected chi connectivity index (χ3v) is 4.83. The average molecular weight is 404 g/mol. The second kappa shape index (κ2) is 8.41. The minimum atomic E-state index is -0.661. The van der Waals surface area contributed by atoms with Crippen LogP contribution in [0.1, 0.15) is 12.5 Å². The molecule has 138 valence electrons. The molecule has 2 aromatic carbocycles. The third-order valence-electron chi connectivity index (χ3n) is 3.58. The number of ether oxygens (including phenoxy) is 1. The van der Waals surface area contributed by atoms with Crippen molar-refractivity contribution in [3.05, 3.63) is 81.2 Å². The van der Waals surface area contributed by atoms with Crippen molar-refractivity contribution in [3.63, 3.8) is 0 Å². The van der Waals surface area contributed by atoms with E-state index in [1.165, 1.54) is 12.1 Å². The zero-order valence-corrected chi connectivity index (χ0v) is 15.9. The summed E-state index contributed by atoms with van der Waals surface area (Å²) in [7, 11) is 0. The number of esters is 1. The first kappa shape index (κ1) is 19.2. The molecule has 4 nitrogen and oxygen atoms in total. The Morgan fingerprint density at radius 1 is 1.30 bits per heavy atom. The van der Waals surface area contributed by atoms with Crippen molar-refractivity contribution in [1.29, 1.82) is 0 Å². The molecule has 0 spiro atoms. The van der Waals surface area contributed by atoms with Gasteiger partial charge < -0.3 is 9.84 Å². The van der Waals surface area contributed by atoms with Gasteiger partial charge in [-0.3, -0.25) is 0 Å². The number of aliphatic hydroxyl groups is 1. The number of carbonyl (C=O) groups is 1. The molecule has 1 aliphatic rings. The molecular formula is C20H15ClFNO3S. The van der Waals surface area contributed by atoms with E-state index in [0.717, 1.165) is 11.8 Å². The number of rotatable bonds is 4. The SMILES string of the molecule is CCOC(=O)C1=C(O)/C(=C/c2ccc(F)cc2)SC1=Nc1cccc(Cl)c1. The Kier molecular flexibility index (Phi) is 5.98. The lowest BCUT2D eigenvalue weighted by atomic mass is 10.1. The van der Waals surface area contributed by atoms with Gasteiger partial charge in [-0.2, -0.15) is 0 Å². The van der Waals surface area contributed by atoms with Crippen LogP contribution in [0.15, 0.2) is 69.8 Å². The van der Waals surface area contributed by atoms with Crippen LogP contribution in [0, 0.1) is 5.82 Å². The molecule has 1 N–H and O–H groups in total. The van der Waals surface area contributed by atoms with Gasteiger partial charge in [-0.05, 0) is 48.9 Å². The zero-order valence-electron chi connectivity index (χ0n) is 14.3. The number of nitrogens with zero attached hydrogens (tertiary/aromatic N) is 1. The molecule has 27 heavy (non-hydrogen) atoms. The molecule has 0 aliphatic carbocycles. The first-order valence-electron chi connectivity index (χ1n) is 8.08. The predicted octanol–water partition coefficient (Wildman–Crippen LogP) is 5.67. The molecule has 0 fully saturated rings. The van der Waals surface area contributed by atoms with Crippen molar-refractivity contribution in [2.45, 2.75) is 6.92 Å². The van der Waals surface area contributed by atoms with Crippen LogP contribution >= 0.6 is 23.4 Å². The molecule has 0 saturated carbocycles. The van der Waals surface area contributed by atoms with Crippen molar-refractivity contribution in [2.24, 2.45) is 4.99 Å². The largest absolute Gasteiger partial charge is 0.506 e. The van der Waals surface area contributed by atoms with Gasteiger partial charge in [0.2, 0.25) is 0 Å². The number of hydrogen-bond donors (Lipinski definition) is 1. The van der Waals surface area contributed by atoms with E-state index in [1.807, 2.05) is 0 Å². The lowest BCUT2D eigenvalue weighted by Crippen LogP contribution is -2.12. The van der Waals surface area contributed by atoms with Crippen molar-refractivity contribution in [3.8, 4) is 0 Å². The molecule has 3 rings (SSSR count). The highest BCUT2D eigenvalue weighted by Gasteiger charge is 2.33. The van der Waals surface area contributed by atoms with Crippen LogP contribution in [0.2, 0.25) is 5.02 Å². The van der Waals surface area contributed by atoms with Gasteiger partial charge in [0, 0.05) is 5.02 Å². The Hall–Kier alpha value is -2.57. The fourth-order valence-electron chi connectivity index (χ4n) is 2.37. The fraction of sp³-hybridized carbons (Fsp3) is 0.100. The van der Waals surface area contributed by atoms with Gasteiger partial charge in [0.1, 0.15) is 22.2 Å². The molecule has 0 radical (unpaired) electrons. The average Bonchev–Trinajstić information content (AvgIpc) is 2.92. The van der Waals surface area contributed by atoms with Gasteiger partial charge in [0.15, 0.2) is 0 Å². The first-order chi connectivity index (χ1) is 13.0. The minimum Gasteiger partial charge on any atom is -0.506 e. The Labute approximate surface area is 165 Å². The first-order valence-corrected chi connectivity index (χ1v) is 9.28. The Balaban J connectivity index is 2.03. The highest BCUT2D eigenvalue weighted by molar-refractivity contribution is 8.18. The Bertz CT molecular complexity index is 967. The van der Waals surface area contributed by atoms with Crippen LogP contribution in [-0.2, 0) is 9.53 Å². The lowest BCUT2D eigenvalue weighted by molar-refractivity contribution is -0.138. The number of benzene rings is 2. The zero-order chi connectivity index (χ0) is 19.4. The fourth-order valence-corrected chi connectivity index (χ4v) is 3.58. The van der Waals surface area contributed by atoms with Gasteiger partial charge in [-0.15, -0.1) is 0 Å². The van der Waals surface area contributed by atoms with Crippen LogP contribution in [0.5, 0.6) is 0 Å². The van der Waals surface area contributed by atoms with Gasteiger partial charge >= 0.3 is 5.97 Å². The number of carbonyl (C=O) groups excluding carboxylic acids is 1. The summed E-state index contributed by atoms with van der Waals surface area (Å²) in [5.74, 6) is -1.24. The molecule has 7 heteroatoms. The third kappa shape index (κ3) is 4.59. The summed E-state index contributed by atoms with van der Waals surface area (Å²) in [6.45, 7) is 1.85. The second-order valence-corrected chi connectivity index (χ2v) is 6.97. The van der Waals surface area contributed by atoms with E-state index in [9.17, 15) is 14.3 Å². The van der Waals surface area contributed by atoms with E-state index >= 15 is 0 Å². The van der Waals surface area contributed by atoms with E-state index in [4.69, 9.17) is 16.3 Å². The number of aliphatic imine (C=N–C) groups is 1. The van der Waals surface area contributed by atoms with Crippen molar-refractivity contribution in [2.75, 3.05) is 6.61 Å². The molecule has 1 aliphatic heterocycles. The van der Waals surface area contributed by atoms with Gasteiger partial charge in [-0.1, -0.05) is 41.6 Å². The summed E-state index contributed by atoms with van der Waals surface area (Å²) in [4.78, 5) is 17.2. The van der Waals surface area contributed by atoms with Crippen LogP contribution in [0.4, 0.5) is 10.1 Å². The number of hydrogen-bond acceptors (Lipinski definition) is 5. The number of aliphatic hydroxyl groups excluding tert-OH is 1. The van der Waals surface area contributed by atoms with Crippen LogP contribution in [-0.4, -0.2) is 22.7 Å². The van der Waals surface area contributed by atoms with E-state index in [-0.39, 0.29) is 23.8 Å². The molecule has 0 bridgehead atoms. The number of halogens is 2. The van der Waals surface area contributed by atoms with Crippen molar-refractivity contribution < 1.29 is 19.0 Å². The van der Waals surface area contributed by atoms with E-state index in [2.05, 4.69) is 4.99 Å². The monoisotopic (exact) mass is 403 g/mol. The molecular weight excluding hydrogens is 389 g/mol. The summed E-state index contributed by atoms with van der Waals surface area (Å²) in [5, 5.41) is 11.4. The molecule has 0 aromatic heterocycles. The van der Waals surface area contributed by atoms with E-state index in [1.54, 1.807) is 49.4 Å². The van der Waals surface area contributed by atoms with E-state index < -0.39 is 5.97 Å². The summed E-state index contributed by atoms with van der Waals surface area (Å²) in [6, 6.07) is 12.6. The molecule has 0 amide bonds. The van der Waals surface area contributed by atoms with Crippen molar-refractivity contribution >= 4 is 46.1 Å². The Morgan fingerprint density at radius 3 is 2.70 bits per heavy atom. The summed E-state index contributed by atoms with van der Waals surface area (Å²) in [5.41, 5.74) is 1.22. The smallest absolute Gasteiger partial charge is 0.344 e. The molecule has 1 heterocycles. The van der Waals surface area contributed by atoms with Crippen LogP contribution in [0.3, 0.4) is 0 Å². The molecule has 0 atom stereocenters. The topological polar surface area (TPSA) is 58.9 Å². The number of thioether (sulfide) groups is 1. The van der Waals surface area contributed by atoms with E-state index in [0.29, 0.717) is 26.2 Å². The van der Waals surface area contributed by atoms with Gasteiger partial charge in [0.05, 0.1) is 17.2 Å².